The first-order valence-corrected chi connectivity index (χ1v) is 6.54. The van der Waals surface area contributed by atoms with Crippen LogP contribution in [0.25, 0.3) is 11.3 Å². The molecule has 86 valence electrons. The zero-order valence-corrected chi connectivity index (χ0v) is 10.8. The maximum atomic E-state index is 9.02. The topological polar surface area (TPSA) is 36.7 Å². The minimum absolute atomic E-state index is 0.0708. The van der Waals surface area contributed by atoms with Crippen LogP contribution in [0.3, 0.4) is 0 Å². The number of aryl methyl sites for hydroxylation is 1. The van der Waals surface area contributed by atoms with Gasteiger partial charge >= 0.3 is 0 Å². The molecule has 0 radical (unpaired) electrons. The molecule has 1 unspecified atom stereocenters. The van der Waals surface area contributed by atoms with Gasteiger partial charge in [0.05, 0.1) is 17.7 Å². The summed E-state index contributed by atoms with van der Waals surface area (Å²) in [5.41, 5.74) is 3.33. The molecule has 0 aliphatic carbocycles. The van der Waals surface area contributed by atoms with Gasteiger partial charge in [-0.15, -0.1) is 11.3 Å². The molecule has 17 heavy (non-hydrogen) atoms. The van der Waals surface area contributed by atoms with Crippen molar-refractivity contribution in [3.63, 3.8) is 0 Å². The second-order valence-corrected chi connectivity index (χ2v) is 4.92. The number of thiazole rings is 1. The molecular formula is C14H14N2S. The van der Waals surface area contributed by atoms with Gasteiger partial charge in [-0.2, -0.15) is 5.26 Å². The average Bonchev–Trinajstić information content (AvgIpc) is 2.80. The Balaban J connectivity index is 2.33. The van der Waals surface area contributed by atoms with Gasteiger partial charge in [0, 0.05) is 10.9 Å². The SMILES string of the molecule is CCC(C#N)c1nc(-c2cccc(C)c2)cs1. The summed E-state index contributed by atoms with van der Waals surface area (Å²) in [5.74, 6) is -0.0708. The van der Waals surface area contributed by atoms with E-state index in [0.29, 0.717) is 0 Å². The summed E-state index contributed by atoms with van der Waals surface area (Å²) >= 11 is 1.57. The molecule has 0 spiro atoms. The molecule has 1 atom stereocenters. The first kappa shape index (κ1) is 11.8. The Morgan fingerprint density at radius 1 is 1.47 bits per heavy atom. The minimum atomic E-state index is -0.0708. The molecule has 3 heteroatoms. The van der Waals surface area contributed by atoms with Crippen molar-refractivity contribution in [3.8, 4) is 17.3 Å². The van der Waals surface area contributed by atoms with Crippen LogP contribution in [0.15, 0.2) is 29.6 Å². The monoisotopic (exact) mass is 242 g/mol. The number of nitriles is 1. The van der Waals surface area contributed by atoms with Crippen molar-refractivity contribution in [1.82, 2.24) is 4.98 Å². The van der Waals surface area contributed by atoms with Gasteiger partial charge in [0.25, 0.3) is 0 Å². The largest absolute Gasteiger partial charge is 0.240 e. The quantitative estimate of drug-likeness (QED) is 0.811. The number of benzene rings is 1. The third-order valence-corrected chi connectivity index (χ3v) is 3.66. The van der Waals surface area contributed by atoms with Gasteiger partial charge in [-0.05, 0) is 19.4 Å². The maximum Gasteiger partial charge on any atom is 0.110 e. The highest BCUT2D eigenvalue weighted by Crippen LogP contribution is 2.28. The normalized spacial score (nSPS) is 12.1. The molecule has 0 saturated carbocycles. The predicted octanol–water partition coefficient (Wildman–Crippen LogP) is 4.14. The van der Waals surface area contributed by atoms with Crippen molar-refractivity contribution in [2.24, 2.45) is 0 Å². The van der Waals surface area contributed by atoms with Crippen molar-refractivity contribution in [1.29, 1.82) is 5.26 Å². The van der Waals surface area contributed by atoms with Crippen LogP contribution >= 0.6 is 11.3 Å². The third-order valence-electron chi connectivity index (χ3n) is 2.70. The molecule has 0 aliphatic rings. The van der Waals surface area contributed by atoms with Gasteiger partial charge in [-0.1, -0.05) is 30.7 Å². The van der Waals surface area contributed by atoms with Crippen LogP contribution in [-0.2, 0) is 0 Å². The first-order valence-electron chi connectivity index (χ1n) is 5.66. The van der Waals surface area contributed by atoms with Crippen LogP contribution in [0.1, 0.15) is 29.8 Å². The molecule has 1 aromatic heterocycles. The van der Waals surface area contributed by atoms with Crippen LogP contribution in [-0.4, -0.2) is 4.98 Å². The Hall–Kier alpha value is -1.66. The standard InChI is InChI=1S/C14H14N2S/c1-3-11(8-15)14-16-13(9-17-14)12-6-4-5-10(2)7-12/h4-7,9,11H,3H2,1-2H3. The van der Waals surface area contributed by atoms with Gasteiger partial charge in [0.15, 0.2) is 0 Å². The van der Waals surface area contributed by atoms with E-state index in [9.17, 15) is 0 Å². The third kappa shape index (κ3) is 2.54. The van der Waals surface area contributed by atoms with E-state index in [-0.39, 0.29) is 5.92 Å². The Labute approximate surface area is 106 Å². The Kier molecular flexibility index (Phi) is 3.55. The summed E-state index contributed by atoms with van der Waals surface area (Å²) in [7, 11) is 0. The van der Waals surface area contributed by atoms with E-state index in [0.717, 1.165) is 22.7 Å². The van der Waals surface area contributed by atoms with Gasteiger partial charge in [-0.3, -0.25) is 0 Å². The molecular weight excluding hydrogens is 228 g/mol. The molecule has 0 N–H and O–H groups in total. The Morgan fingerprint density at radius 2 is 2.29 bits per heavy atom. The van der Waals surface area contributed by atoms with Crippen molar-refractivity contribution < 1.29 is 0 Å². The Morgan fingerprint density at radius 3 is 2.94 bits per heavy atom. The summed E-state index contributed by atoms with van der Waals surface area (Å²) in [6.07, 6.45) is 0.817. The lowest BCUT2D eigenvalue weighted by Gasteiger charge is -2.00. The zero-order valence-electron chi connectivity index (χ0n) is 9.97. The summed E-state index contributed by atoms with van der Waals surface area (Å²) in [4.78, 5) is 4.56. The molecule has 2 nitrogen and oxygen atoms in total. The predicted molar refractivity (Wildman–Crippen MR) is 70.9 cm³/mol. The highest BCUT2D eigenvalue weighted by Gasteiger charge is 2.13. The molecule has 2 rings (SSSR count). The number of rotatable bonds is 3. The molecule has 0 aliphatic heterocycles. The summed E-state index contributed by atoms with van der Waals surface area (Å²) in [6, 6.07) is 10.6. The van der Waals surface area contributed by atoms with Crippen molar-refractivity contribution in [2.45, 2.75) is 26.2 Å². The van der Waals surface area contributed by atoms with E-state index in [1.54, 1.807) is 11.3 Å². The van der Waals surface area contributed by atoms with E-state index in [2.05, 4.69) is 36.2 Å². The number of nitrogens with zero attached hydrogens (tertiary/aromatic N) is 2. The van der Waals surface area contributed by atoms with E-state index in [4.69, 9.17) is 5.26 Å². The van der Waals surface area contributed by atoms with Gasteiger partial charge in [-0.25, -0.2) is 4.98 Å². The average molecular weight is 242 g/mol. The fourth-order valence-corrected chi connectivity index (χ4v) is 2.66. The summed E-state index contributed by atoms with van der Waals surface area (Å²) in [5, 5.41) is 12.0. The molecule has 1 heterocycles. The van der Waals surface area contributed by atoms with Gasteiger partial charge in [0.2, 0.25) is 0 Å². The number of aromatic nitrogens is 1. The van der Waals surface area contributed by atoms with Gasteiger partial charge < -0.3 is 0 Å². The molecule has 0 saturated heterocycles. The lowest BCUT2D eigenvalue weighted by atomic mass is 10.1. The minimum Gasteiger partial charge on any atom is -0.240 e. The zero-order chi connectivity index (χ0) is 12.3. The van der Waals surface area contributed by atoms with Crippen molar-refractivity contribution in [2.75, 3.05) is 0 Å². The second-order valence-electron chi connectivity index (χ2n) is 4.03. The van der Waals surface area contributed by atoms with Crippen LogP contribution in [0.2, 0.25) is 0 Å². The fourth-order valence-electron chi connectivity index (χ4n) is 1.71. The van der Waals surface area contributed by atoms with E-state index in [1.807, 2.05) is 18.4 Å². The summed E-state index contributed by atoms with van der Waals surface area (Å²) in [6.45, 7) is 4.09. The maximum absolute atomic E-state index is 9.02. The van der Waals surface area contributed by atoms with Crippen LogP contribution in [0.4, 0.5) is 0 Å². The molecule has 0 fully saturated rings. The molecule has 2 aromatic rings. The summed E-state index contributed by atoms with van der Waals surface area (Å²) < 4.78 is 0. The van der Waals surface area contributed by atoms with Gasteiger partial charge in [0.1, 0.15) is 5.01 Å². The molecule has 1 aromatic carbocycles. The van der Waals surface area contributed by atoms with E-state index >= 15 is 0 Å². The van der Waals surface area contributed by atoms with Crippen LogP contribution in [0, 0.1) is 18.3 Å². The highest BCUT2D eigenvalue weighted by atomic mass is 32.1. The Bertz CT molecular complexity index is 551. The smallest absolute Gasteiger partial charge is 0.110 e. The second kappa shape index (κ2) is 5.11. The molecule has 0 amide bonds. The number of hydrogen-bond acceptors (Lipinski definition) is 3. The first-order chi connectivity index (χ1) is 8.24. The van der Waals surface area contributed by atoms with E-state index < -0.39 is 0 Å². The van der Waals surface area contributed by atoms with Crippen LogP contribution < -0.4 is 0 Å². The number of hydrogen-bond donors (Lipinski definition) is 0. The highest BCUT2D eigenvalue weighted by molar-refractivity contribution is 7.10. The van der Waals surface area contributed by atoms with E-state index in [1.165, 1.54) is 5.56 Å². The lowest BCUT2D eigenvalue weighted by Crippen LogP contribution is -1.92. The fraction of sp³-hybridized carbons (Fsp3) is 0.286. The molecule has 0 bridgehead atoms. The van der Waals surface area contributed by atoms with Crippen molar-refractivity contribution in [3.05, 3.63) is 40.2 Å². The van der Waals surface area contributed by atoms with Crippen molar-refractivity contribution >= 4 is 11.3 Å². The van der Waals surface area contributed by atoms with Crippen LogP contribution in [0.5, 0.6) is 0 Å². The lowest BCUT2D eigenvalue weighted by molar-refractivity contribution is 0.810.